The first kappa shape index (κ1) is 14.6. The van der Waals surface area contributed by atoms with Crippen LogP contribution in [0.25, 0.3) is 10.9 Å². The van der Waals surface area contributed by atoms with E-state index in [4.69, 9.17) is 0 Å². The molecule has 0 radical (unpaired) electrons. The van der Waals surface area contributed by atoms with Gasteiger partial charge in [-0.2, -0.15) is 0 Å². The predicted octanol–water partition coefficient (Wildman–Crippen LogP) is 2.93. The van der Waals surface area contributed by atoms with Crippen molar-refractivity contribution in [1.82, 2.24) is 10.3 Å². The molecule has 1 aliphatic carbocycles. The molecule has 0 spiro atoms. The Morgan fingerprint density at radius 2 is 1.91 bits per heavy atom. The highest BCUT2D eigenvalue weighted by Crippen LogP contribution is 2.24. The minimum atomic E-state index is -0.816. The summed E-state index contributed by atoms with van der Waals surface area (Å²) in [6.45, 7) is 0. The highest BCUT2D eigenvalue weighted by molar-refractivity contribution is 5.98. The Bertz CT molecular complexity index is 659. The van der Waals surface area contributed by atoms with Crippen molar-refractivity contribution in [2.24, 2.45) is 5.92 Å². The Kier molecular flexibility index (Phi) is 4.13. The second kappa shape index (κ2) is 6.22. The topological polar surface area (TPSA) is 82.2 Å². The van der Waals surface area contributed by atoms with E-state index in [-0.39, 0.29) is 11.9 Å². The van der Waals surface area contributed by atoms with E-state index < -0.39 is 11.9 Å². The molecule has 2 aromatic rings. The largest absolute Gasteiger partial charge is 0.481 e. The second-order valence-corrected chi connectivity index (χ2v) is 5.93. The molecule has 5 nitrogen and oxygen atoms in total. The summed E-state index contributed by atoms with van der Waals surface area (Å²) < 4.78 is 0. The standard InChI is InChI=1S/C17H20N2O3/c20-16(15-10-11-6-4-5-8-13(11)18-15)19-14-9-3-1-2-7-12(14)17(21)22/h4-6,8,10,12,14,18H,1-3,7,9H2,(H,19,20)(H,21,22)/t12-,14+/m1/s1. The molecular weight excluding hydrogens is 280 g/mol. The van der Waals surface area contributed by atoms with Gasteiger partial charge in [-0.1, -0.05) is 37.5 Å². The average Bonchev–Trinajstić information content (AvgIpc) is 2.80. The zero-order chi connectivity index (χ0) is 15.5. The van der Waals surface area contributed by atoms with Crippen LogP contribution in [0.4, 0.5) is 0 Å². The second-order valence-electron chi connectivity index (χ2n) is 5.93. The Labute approximate surface area is 128 Å². The molecule has 22 heavy (non-hydrogen) atoms. The van der Waals surface area contributed by atoms with E-state index in [1.54, 1.807) is 6.07 Å². The molecule has 0 unspecified atom stereocenters. The van der Waals surface area contributed by atoms with E-state index >= 15 is 0 Å². The summed E-state index contributed by atoms with van der Waals surface area (Å²) in [4.78, 5) is 26.9. The van der Waals surface area contributed by atoms with Crippen LogP contribution in [0.5, 0.6) is 0 Å². The maximum atomic E-state index is 12.4. The molecule has 1 aliphatic rings. The first-order valence-electron chi connectivity index (χ1n) is 7.76. The number of rotatable bonds is 3. The lowest BCUT2D eigenvalue weighted by molar-refractivity contribution is -0.142. The fourth-order valence-electron chi connectivity index (χ4n) is 3.22. The molecule has 1 amide bonds. The fraction of sp³-hybridized carbons (Fsp3) is 0.412. The van der Waals surface area contributed by atoms with Crippen molar-refractivity contribution in [2.45, 2.75) is 38.1 Å². The number of carbonyl (C=O) groups excluding carboxylic acids is 1. The lowest BCUT2D eigenvalue weighted by Crippen LogP contribution is -2.42. The van der Waals surface area contributed by atoms with Crippen LogP contribution in [0.15, 0.2) is 30.3 Å². The number of nitrogens with one attached hydrogen (secondary N) is 2. The van der Waals surface area contributed by atoms with Gasteiger partial charge in [-0.25, -0.2) is 0 Å². The van der Waals surface area contributed by atoms with Crippen LogP contribution >= 0.6 is 0 Å². The van der Waals surface area contributed by atoms with Crippen molar-refractivity contribution in [2.75, 3.05) is 0 Å². The molecule has 5 heteroatoms. The zero-order valence-corrected chi connectivity index (χ0v) is 12.3. The number of carboxylic acids is 1. The van der Waals surface area contributed by atoms with Crippen LogP contribution in [0.2, 0.25) is 0 Å². The summed E-state index contributed by atoms with van der Waals surface area (Å²) in [5, 5.41) is 13.3. The van der Waals surface area contributed by atoms with Gasteiger partial charge in [0.2, 0.25) is 0 Å². The van der Waals surface area contributed by atoms with E-state index in [0.717, 1.165) is 36.6 Å². The van der Waals surface area contributed by atoms with E-state index in [1.807, 2.05) is 24.3 Å². The van der Waals surface area contributed by atoms with Crippen molar-refractivity contribution in [3.05, 3.63) is 36.0 Å². The maximum absolute atomic E-state index is 12.4. The van der Waals surface area contributed by atoms with Gasteiger partial charge in [0, 0.05) is 16.9 Å². The summed E-state index contributed by atoms with van der Waals surface area (Å²) in [5.41, 5.74) is 1.39. The van der Waals surface area contributed by atoms with Crippen LogP contribution in [-0.2, 0) is 4.79 Å². The average molecular weight is 300 g/mol. The zero-order valence-electron chi connectivity index (χ0n) is 12.3. The van der Waals surface area contributed by atoms with E-state index in [9.17, 15) is 14.7 Å². The number of para-hydroxylation sites is 1. The van der Waals surface area contributed by atoms with Crippen molar-refractivity contribution >= 4 is 22.8 Å². The molecular formula is C17H20N2O3. The number of aromatic amines is 1. The van der Waals surface area contributed by atoms with Gasteiger partial charge in [-0.05, 0) is 25.0 Å². The maximum Gasteiger partial charge on any atom is 0.308 e. The molecule has 1 heterocycles. The number of aromatic nitrogens is 1. The third-order valence-corrected chi connectivity index (χ3v) is 4.42. The first-order chi connectivity index (χ1) is 10.6. The van der Waals surface area contributed by atoms with Crippen LogP contribution in [0, 0.1) is 5.92 Å². The van der Waals surface area contributed by atoms with Crippen LogP contribution in [-0.4, -0.2) is 28.0 Å². The minimum absolute atomic E-state index is 0.227. The first-order valence-corrected chi connectivity index (χ1v) is 7.76. The van der Waals surface area contributed by atoms with E-state index in [1.165, 1.54) is 0 Å². The molecule has 3 rings (SSSR count). The number of benzene rings is 1. The van der Waals surface area contributed by atoms with E-state index in [0.29, 0.717) is 12.1 Å². The summed E-state index contributed by atoms with van der Waals surface area (Å²) in [6.07, 6.45) is 4.26. The van der Waals surface area contributed by atoms with Crippen molar-refractivity contribution < 1.29 is 14.7 Å². The number of hydrogen-bond donors (Lipinski definition) is 3. The molecule has 116 valence electrons. The molecule has 3 N–H and O–H groups in total. The molecule has 1 aromatic heterocycles. The fourth-order valence-corrected chi connectivity index (χ4v) is 3.22. The molecule has 1 saturated carbocycles. The number of carbonyl (C=O) groups is 2. The van der Waals surface area contributed by atoms with Crippen LogP contribution < -0.4 is 5.32 Å². The molecule has 2 atom stereocenters. The number of hydrogen-bond acceptors (Lipinski definition) is 2. The third-order valence-electron chi connectivity index (χ3n) is 4.42. The number of aliphatic carboxylic acids is 1. The van der Waals surface area contributed by atoms with Gasteiger partial charge in [0.1, 0.15) is 5.69 Å². The number of amides is 1. The molecule has 0 saturated heterocycles. The molecule has 0 bridgehead atoms. The summed E-state index contributed by atoms with van der Waals surface area (Å²) in [7, 11) is 0. The normalized spacial score (nSPS) is 22.2. The summed E-state index contributed by atoms with van der Waals surface area (Å²) in [6, 6.07) is 9.19. The van der Waals surface area contributed by atoms with Crippen LogP contribution in [0.1, 0.15) is 42.6 Å². The van der Waals surface area contributed by atoms with Crippen LogP contribution in [0.3, 0.4) is 0 Å². The molecule has 0 aliphatic heterocycles. The lowest BCUT2D eigenvalue weighted by Gasteiger charge is -2.22. The summed E-state index contributed by atoms with van der Waals surface area (Å²) >= 11 is 0. The molecule has 1 fully saturated rings. The SMILES string of the molecule is O=C(N[C@H]1CCCCC[C@H]1C(=O)O)c1cc2ccccc2[nH]1. The van der Waals surface area contributed by atoms with Crippen molar-refractivity contribution in [1.29, 1.82) is 0 Å². The Morgan fingerprint density at radius 1 is 1.14 bits per heavy atom. The Morgan fingerprint density at radius 3 is 2.68 bits per heavy atom. The molecule has 1 aromatic carbocycles. The highest BCUT2D eigenvalue weighted by atomic mass is 16.4. The highest BCUT2D eigenvalue weighted by Gasteiger charge is 2.31. The number of carboxylic acid groups (broad SMARTS) is 1. The van der Waals surface area contributed by atoms with Gasteiger partial charge in [0.15, 0.2) is 0 Å². The summed E-state index contributed by atoms with van der Waals surface area (Å²) in [5.74, 6) is -1.53. The lowest BCUT2D eigenvalue weighted by atomic mass is 9.95. The Balaban J connectivity index is 1.77. The van der Waals surface area contributed by atoms with Gasteiger partial charge < -0.3 is 15.4 Å². The van der Waals surface area contributed by atoms with Gasteiger partial charge in [-0.3, -0.25) is 9.59 Å². The predicted molar refractivity (Wildman–Crippen MR) is 83.8 cm³/mol. The van der Waals surface area contributed by atoms with Crippen molar-refractivity contribution in [3.8, 4) is 0 Å². The quantitative estimate of drug-likeness (QED) is 0.762. The third kappa shape index (κ3) is 2.98. The monoisotopic (exact) mass is 300 g/mol. The van der Waals surface area contributed by atoms with Crippen molar-refractivity contribution in [3.63, 3.8) is 0 Å². The van der Waals surface area contributed by atoms with E-state index in [2.05, 4.69) is 10.3 Å². The number of H-pyrrole nitrogens is 1. The number of fused-ring (bicyclic) bond motifs is 1. The Hall–Kier alpha value is -2.30. The van der Waals surface area contributed by atoms with Gasteiger partial charge in [0.25, 0.3) is 5.91 Å². The van der Waals surface area contributed by atoms with Gasteiger partial charge in [-0.15, -0.1) is 0 Å². The van der Waals surface area contributed by atoms with Gasteiger partial charge in [0.05, 0.1) is 5.92 Å². The minimum Gasteiger partial charge on any atom is -0.481 e. The van der Waals surface area contributed by atoms with Gasteiger partial charge >= 0.3 is 5.97 Å². The smallest absolute Gasteiger partial charge is 0.308 e.